The molecule has 0 saturated heterocycles. The average molecular weight is 238 g/mol. The van der Waals surface area contributed by atoms with E-state index in [1.165, 1.54) is 45.9 Å². The van der Waals surface area contributed by atoms with Crippen molar-refractivity contribution in [3.8, 4) is 0 Å². The van der Waals surface area contributed by atoms with Crippen LogP contribution in [-0.2, 0) is 6.42 Å². The van der Waals surface area contributed by atoms with Crippen LogP contribution in [-0.4, -0.2) is 0 Å². The van der Waals surface area contributed by atoms with Crippen LogP contribution in [0.1, 0.15) is 43.9 Å². The smallest absolute Gasteiger partial charge is 0.0106 e. The van der Waals surface area contributed by atoms with Gasteiger partial charge in [-0.1, -0.05) is 55.8 Å². The monoisotopic (exact) mass is 238 g/mol. The Bertz CT molecular complexity index is 588. The summed E-state index contributed by atoms with van der Waals surface area (Å²) in [5.41, 5.74) is 5.76. The lowest BCUT2D eigenvalue weighted by Gasteiger charge is -2.17. The summed E-state index contributed by atoms with van der Waals surface area (Å²) in [4.78, 5) is 0. The van der Waals surface area contributed by atoms with Crippen LogP contribution in [0.25, 0.3) is 16.3 Å². The molecule has 0 saturated carbocycles. The Morgan fingerprint density at radius 1 is 0.944 bits per heavy atom. The van der Waals surface area contributed by atoms with Crippen molar-refractivity contribution in [3.05, 3.63) is 53.1 Å². The Hall–Kier alpha value is -1.56. The van der Waals surface area contributed by atoms with Gasteiger partial charge in [0.25, 0.3) is 0 Å². The molecule has 0 atom stereocenters. The van der Waals surface area contributed by atoms with Crippen molar-refractivity contribution in [3.63, 3.8) is 0 Å². The third-order valence-corrected chi connectivity index (χ3v) is 3.52. The summed E-state index contributed by atoms with van der Waals surface area (Å²) in [7, 11) is 0. The summed E-state index contributed by atoms with van der Waals surface area (Å²) in [6.07, 6.45) is 4.74. The van der Waals surface area contributed by atoms with Gasteiger partial charge < -0.3 is 0 Å². The van der Waals surface area contributed by atoms with Gasteiger partial charge in [0.2, 0.25) is 0 Å². The van der Waals surface area contributed by atoms with E-state index in [0.717, 1.165) is 0 Å². The first-order valence-electron chi connectivity index (χ1n) is 6.95. The van der Waals surface area contributed by atoms with Crippen molar-refractivity contribution in [1.82, 2.24) is 0 Å². The first-order valence-corrected chi connectivity index (χ1v) is 6.95. The first-order chi connectivity index (χ1) is 8.75. The van der Waals surface area contributed by atoms with E-state index in [1.54, 1.807) is 0 Å². The van der Waals surface area contributed by atoms with E-state index in [1.807, 2.05) is 13.8 Å². The zero-order valence-electron chi connectivity index (χ0n) is 11.9. The molecule has 0 radical (unpaired) electrons. The van der Waals surface area contributed by atoms with E-state index >= 15 is 0 Å². The van der Waals surface area contributed by atoms with Gasteiger partial charge in [-0.25, -0.2) is 0 Å². The lowest BCUT2D eigenvalue weighted by molar-refractivity contribution is 0.980. The van der Waals surface area contributed by atoms with Crippen molar-refractivity contribution in [2.24, 2.45) is 0 Å². The molecule has 0 spiro atoms. The fourth-order valence-corrected chi connectivity index (χ4v) is 2.71. The number of fused-ring (bicyclic) bond motifs is 3. The Kier molecular flexibility index (Phi) is 3.86. The number of hydrogen-bond donors (Lipinski definition) is 0. The highest BCUT2D eigenvalue weighted by molar-refractivity contribution is 5.95. The highest BCUT2D eigenvalue weighted by atomic mass is 14.2. The molecule has 0 aliphatic heterocycles. The number of benzene rings is 2. The second kappa shape index (κ2) is 5.39. The van der Waals surface area contributed by atoms with Crippen LogP contribution in [0.2, 0.25) is 0 Å². The van der Waals surface area contributed by atoms with Crippen LogP contribution < -0.4 is 0 Å². The molecule has 0 N–H and O–H groups in total. The highest BCUT2D eigenvalue weighted by Gasteiger charge is 2.12. The fourth-order valence-electron chi connectivity index (χ4n) is 2.71. The molecular weight excluding hydrogens is 216 g/mol. The van der Waals surface area contributed by atoms with Gasteiger partial charge in [-0.15, -0.1) is 0 Å². The summed E-state index contributed by atoms with van der Waals surface area (Å²) in [6, 6.07) is 11.3. The molecule has 18 heavy (non-hydrogen) atoms. The maximum atomic E-state index is 2.36. The van der Waals surface area contributed by atoms with Crippen molar-refractivity contribution in [2.45, 2.75) is 40.5 Å². The third-order valence-electron chi connectivity index (χ3n) is 3.52. The zero-order valence-corrected chi connectivity index (χ0v) is 11.9. The maximum absolute atomic E-state index is 2.36. The van der Waals surface area contributed by atoms with Crippen LogP contribution in [0.15, 0.2) is 36.4 Å². The standard InChI is InChI=1S/C16H16.C2H6/c1-11-6-9-15-14(10-11)8-7-13-5-3-4-12(2)16(13)15;1-2/h4,6-10H,3,5H2,1-2H3;1-2H3. The van der Waals surface area contributed by atoms with Gasteiger partial charge in [0, 0.05) is 0 Å². The molecule has 0 aromatic heterocycles. The summed E-state index contributed by atoms with van der Waals surface area (Å²) >= 11 is 0. The van der Waals surface area contributed by atoms with Gasteiger partial charge in [0.1, 0.15) is 0 Å². The van der Waals surface area contributed by atoms with E-state index in [0.29, 0.717) is 0 Å². The molecule has 94 valence electrons. The summed E-state index contributed by atoms with van der Waals surface area (Å²) in [5.74, 6) is 0. The molecule has 1 aliphatic carbocycles. The normalized spacial score (nSPS) is 13.4. The molecule has 2 aromatic rings. The zero-order chi connectivity index (χ0) is 13.1. The van der Waals surface area contributed by atoms with Gasteiger partial charge in [-0.2, -0.15) is 0 Å². The molecule has 0 amide bonds. The van der Waals surface area contributed by atoms with E-state index in [9.17, 15) is 0 Å². The lowest BCUT2D eigenvalue weighted by Crippen LogP contribution is -1.98. The molecule has 3 rings (SSSR count). The quantitative estimate of drug-likeness (QED) is 0.566. The van der Waals surface area contributed by atoms with Crippen molar-refractivity contribution in [1.29, 1.82) is 0 Å². The number of rotatable bonds is 0. The van der Waals surface area contributed by atoms with Crippen molar-refractivity contribution >= 4 is 16.3 Å². The molecule has 0 bridgehead atoms. The third kappa shape index (κ3) is 2.20. The molecular formula is C18H22. The second-order valence-corrected chi connectivity index (χ2v) is 4.75. The van der Waals surface area contributed by atoms with Crippen molar-refractivity contribution < 1.29 is 0 Å². The number of aryl methyl sites for hydroxylation is 2. The lowest BCUT2D eigenvalue weighted by atomic mass is 9.87. The maximum Gasteiger partial charge on any atom is -0.0106 e. The van der Waals surface area contributed by atoms with E-state index in [4.69, 9.17) is 0 Å². The minimum atomic E-state index is 1.19. The Morgan fingerprint density at radius 3 is 2.50 bits per heavy atom. The summed E-state index contributed by atoms with van der Waals surface area (Å²) < 4.78 is 0. The Balaban J connectivity index is 0.000000574. The molecule has 2 aromatic carbocycles. The van der Waals surface area contributed by atoms with Gasteiger partial charge in [0.15, 0.2) is 0 Å². The van der Waals surface area contributed by atoms with Crippen LogP contribution in [0.4, 0.5) is 0 Å². The Labute approximate surface area is 110 Å². The van der Waals surface area contributed by atoms with E-state index < -0.39 is 0 Å². The topological polar surface area (TPSA) is 0 Å². The minimum Gasteiger partial charge on any atom is -0.0806 e. The van der Waals surface area contributed by atoms with Gasteiger partial charge in [0.05, 0.1) is 0 Å². The second-order valence-electron chi connectivity index (χ2n) is 4.75. The van der Waals surface area contributed by atoms with Crippen LogP contribution in [0.5, 0.6) is 0 Å². The molecule has 0 fully saturated rings. The summed E-state index contributed by atoms with van der Waals surface area (Å²) in [5, 5.41) is 2.78. The van der Waals surface area contributed by atoms with Crippen molar-refractivity contribution in [2.75, 3.05) is 0 Å². The first kappa shape index (κ1) is 12.9. The minimum absolute atomic E-state index is 1.19. The highest BCUT2D eigenvalue weighted by Crippen LogP contribution is 2.33. The van der Waals surface area contributed by atoms with Gasteiger partial charge in [-0.05, 0) is 54.2 Å². The predicted molar refractivity (Wildman–Crippen MR) is 82.0 cm³/mol. The molecule has 0 heteroatoms. The van der Waals surface area contributed by atoms with E-state index in [-0.39, 0.29) is 0 Å². The molecule has 0 heterocycles. The van der Waals surface area contributed by atoms with E-state index in [2.05, 4.69) is 50.3 Å². The van der Waals surface area contributed by atoms with Crippen LogP contribution in [0.3, 0.4) is 0 Å². The largest absolute Gasteiger partial charge is 0.0806 e. The number of allylic oxidation sites excluding steroid dienone is 2. The molecule has 0 unspecified atom stereocenters. The number of hydrogen-bond acceptors (Lipinski definition) is 0. The van der Waals surface area contributed by atoms with Gasteiger partial charge in [-0.3, -0.25) is 0 Å². The van der Waals surface area contributed by atoms with Crippen LogP contribution in [0, 0.1) is 6.92 Å². The average Bonchev–Trinajstić information content (AvgIpc) is 2.41. The molecule has 0 nitrogen and oxygen atoms in total. The SMILES string of the molecule is CC.CC1=CCCc2ccc3cc(C)ccc3c21. The van der Waals surface area contributed by atoms with Gasteiger partial charge >= 0.3 is 0 Å². The molecule has 1 aliphatic rings. The Morgan fingerprint density at radius 2 is 1.72 bits per heavy atom. The fraction of sp³-hybridized carbons (Fsp3) is 0.333. The summed E-state index contributed by atoms with van der Waals surface area (Å²) in [6.45, 7) is 8.39. The predicted octanol–water partition coefficient (Wildman–Crippen LogP) is 5.52. The van der Waals surface area contributed by atoms with Crippen LogP contribution >= 0.6 is 0 Å².